The Balaban J connectivity index is 2.21. The van der Waals surface area contributed by atoms with Crippen molar-refractivity contribution in [3.63, 3.8) is 0 Å². The number of hydrogen-bond donors (Lipinski definition) is 0. The Morgan fingerprint density at radius 3 is 2.19 bits per heavy atom. The standard InChI is InChI=1S/C20H16N2O5/c1-24-14-4-5-15(25-2)19-18(14)17(26-3)8-12-13(23)9-16(27-20(12)19)11-6-7-21-22-10-11/h4-10H,1-3H3. The second-order valence-corrected chi connectivity index (χ2v) is 5.78. The van der Waals surface area contributed by atoms with E-state index < -0.39 is 0 Å². The van der Waals surface area contributed by atoms with Crippen molar-refractivity contribution in [2.75, 3.05) is 21.3 Å². The number of fused-ring (bicyclic) bond motifs is 3. The summed E-state index contributed by atoms with van der Waals surface area (Å²) < 4.78 is 22.7. The number of ether oxygens (including phenoxy) is 3. The molecular formula is C20H16N2O5. The highest BCUT2D eigenvalue weighted by Crippen LogP contribution is 2.43. The Labute approximate surface area is 154 Å². The first-order chi connectivity index (χ1) is 13.2. The van der Waals surface area contributed by atoms with Gasteiger partial charge in [-0.05, 0) is 24.3 Å². The van der Waals surface area contributed by atoms with Gasteiger partial charge in [-0.15, -0.1) is 0 Å². The van der Waals surface area contributed by atoms with Gasteiger partial charge < -0.3 is 18.6 Å². The van der Waals surface area contributed by atoms with Gasteiger partial charge in [0.15, 0.2) is 11.0 Å². The minimum absolute atomic E-state index is 0.201. The van der Waals surface area contributed by atoms with Gasteiger partial charge in [-0.25, -0.2) is 0 Å². The maximum atomic E-state index is 12.8. The van der Waals surface area contributed by atoms with E-state index in [0.717, 1.165) is 0 Å². The predicted molar refractivity (Wildman–Crippen MR) is 101 cm³/mol. The average Bonchev–Trinajstić information content (AvgIpc) is 2.72. The monoisotopic (exact) mass is 364 g/mol. The summed E-state index contributed by atoms with van der Waals surface area (Å²) in [6.45, 7) is 0. The Morgan fingerprint density at radius 2 is 1.56 bits per heavy atom. The van der Waals surface area contributed by atoms with Crippen LogP contribution in [0.2, 0.25) is 0 Å². The van der Waals surface area contributed by atoms with Crippen LogP contribution < -0.4 is 19.6 Å². The number of benzene rings is 2. The van der Waals surface area contributed by atoms with Gasteiger partial charge in [0.1, 0.15) is 23.0 Å². The number of rotatable bonds is 4. The van der Waals surface area contributed by atoms with Gasteiger partial charge in [0.2, 0.25) is 0 Å². The fourth-order valence-corrected chi connectivity index (χ4v) is 3.14. The SMILES string of the molecule is COc1ccc(OC)c2c1c(OC)cc1c(=O)cc(-c3ccnnc3)oc12. The molecule has 0 atom stereocenters. The highest BCUT2D eigenvalue weighted by molar-refractivity contribution is 6.13. The summed E-state index contributed by atoms with van der Waals surface area (Å²) in [5.74, 6) is 2.02. The van der Waals surface area contributed by atoms with Gasteiger partial charge in [-0.3, -0.25) is 4.79 Å². The van der Waals surface area contributed by atoms with Crippen molar-refractivity contribution in [1.82, 2.24) is 10.2 Å². The Kier molecular flexibility index (Phi) is 4.12. The molecule has 0 fully saturated rings. The van der Waals surface area contributed by atoms with E-state index in [0.29, 0.717) is 50.3 Å². The van der Waals surface area contributed by atoms with Gasteiger partial charge in [0.25, 0.3) is 0 Å². The third-order valence-electron chi connectivity index (χ3n) is 4.39. The molecule has 0 saturated heterocycles. The molecule has 0 aliphatic rings. The lowest BCUT2D eigenvalue weighted by Crippen LogP contribution is -2.03. The van der Waals surface area contributed by atoms with E-state index in [1.165, 1.54) is 25.6 Å². The highest BCUT2D eigenvalue weighted by Gasteiger charge is 2.20. The van der Waals surface area contributed by atoms with E-state index in [2.05, 4.69) is 10.2 Å². The molecule has 7 nitrogen and oxygen atoms in total. The van der Waals surface area contributed by atoms with Crippen LogP contribution in [0.15, 0.2) is 51.9 Å². The molecule has 0 N–H and O–H groups in total. The molecule has 0 unspecified atom stereocenters. The third kappa shape index (κ3) is 2.64. The van der Waals surface area contributed by atoms with E-state index in [-0.39, 0.29) is 5.43 Å². The maximum Gasteiger partial charge on any atom is 0.193 e. The molecule has 0 amide bonds. The lowest BCUT2D eigenvalue weighted by molar-refractivity contribution is 0.400. The van der Waals surface area contributed by atoms with Gasteiger partial charge in [-0.2, -0.15) is 10.2 Å². The lowest BCUT2D eigenvalue weighted by atomic mass is 10.0. The van der Waals surface area contributed by atoms with Gasteiger partial charge in [0.05, 0.1) is 49.9 Å². The summed E-state index contributed by atoms with van der Waals surface area (Å²) in [7, 11) is 4.67. The molecule has 0 bridgehead atoms. The second kappa shape index (κ2) is 6.60. The second-order valence-electron chi connectivity index (χ2n) is 5.78. The zero-order valence-corrected chi connectivity index (χ0v) is 15.0. The fraction of sp³-hybridized carbons (Fsp3) is 0.150. The Hall–Kier alpha value is -3.61. The van der Waals surface area contributed by atoms with Crippen LogP contribution in [-0.2, 0) is 0 Å². The first-order valence-corrected chi connectivity index (χ1v) is 8.14. The van der Waals surface area contributed by atoms with E-state index in [1.807, 2.05) is 0 Å². The molecule has 0 spiro atoms. The van der Waals surface area contributed by atoms with Crippen LogP contribution in [-0.4, -0.2) is 31.5 Å². The lowest BCUT2D eigenvalue weighted by Gasteiger charge is -2.15. The average molecular weight is 364 g/mol. The van der Waals surface area contributed by atoms with Crippen molar-refractivity contribution in [1.29, 1.82) is 0 Å². The van der Waals surface area contributed by atoms with Crippen LogP contribution in [0.5, 0.6) is 17.2 Å². The summed E-state index contributed by atoms with van der Waals surface area (Å²) in [6, 6.07) is 8.35. The van der Waals surface area contributed by atoms with Crippen LogP contribution in [0.25, 0.3) is 33.1 Å². The molecule has 27 heavy (non-hydrogen) atoms. The van der Waals surface area contributed by atoms with Crippen LogP contribution in [0, 0.1) is 0 Å². The maximum absolute atomic E-state index is 12.8. The van der Waals surface area contributed by atoms with Crippen molar-refractivity contribution < 1.29 is 18.6 Å². The zero-order valence-electron chi connectivity index (χ0n) is 15.0. The summed E-state index contributed by atoms with van der Waals surface area (Å²) in [5.41, 5.74) is 0.837. The van der Waals surface area contributed by atoms with Crippen molar-refractivity contribution in [2.45, 2.75) is 0 Å². The predicted octanol–water partition coefficient (Wildman–Crippen LogP) is 3.43. The van der Waals surface area contributed by atoms with E-state index >= 15 is 0 Å². The van der Waals surface area contributed by atoms with Crippen molar-refractivity contribution in [3.05, 3.63) is 52.9 Å². The first kappa shape index (κ1) is 16.8. The quantitative estimate of drug-likeness (QED) is 0.513. The first-order valence-electron chi connectivity index (χ1n) is 8.14. The fourth-order valence-electron chi connectivity index (χ4n) is 3.14. The van der Waals surface area contributed by atoms with Crippen LogP contribution >= 0.6 is 0 Å². The molecule has 4 aromatic rings. The van der Waals surface area contributed by atoms with Crippen molar-refractivity contribution >= 4 is 21.7 Å². The minimum Gasteiger partial charge on any atom is -0.496 e. The summed E-state index contributed by atoms with van der Waals surface area (Å²) >= 11 is 0. The number of methoxy groups -OCH3 is 3. The van der Waals surface area contributed by atoms with Crippen LogP contribution in [0.3, 0.4) is 0 Å². The number of nitrogens with zero attached hydrogens (tertiary/aromatic N) is 2. The van der Waals surface area contributed by atoms with Crippen LogP contribution in [0.1, 0.15) is 0 Å². The van der Waals surface area contributed by atoms with Crippen molar-refractivity contribution in [2.24, 2.45) is 0 Å². The van der Waals surface area contributed by atoms with Gasteiger partial charge in [0, 0.05) is 11.6 Å². The number of aromatic nitrogens is 2. The van der Waals surface area contributed by atoms with Gasteiger partial charge in [-0.1, -0.05) is 0 Å². The normalized spacial score (nSPS) is 10.9. The molecular weight excluding hydrogens is 348 g/mol. The van der Waals surface area contributed by atoms with Crippen LogP contribution in [0.4, 0.5) is 0 Å². The minimum atomic E-state index is -0.201. The molecule has 2 heterocycles. The summed E-state index contributed by atoms with van der Waals surface area (Å²) in [6.07, 6.45) is 3.07. The molecule has 7 heteroatoms. The number of hydrogen-bond acceptors (Lipinski definition) is 7. The third-order valence-corrected chi connectivity index (χ3v) is 4.39. The Bertz CT molecular complexity index is 1200. The summed E-state index contributed by atoms with van der Waals surface area (Å²) in [4.78, 5) is 12.8. The Morgan fingerprint density at radius 1 is 0.852 bits per heavy atom. The van der Waals surface area contributed by atoms with E-state index in [9.17, 15) is 4.79 Å². The van der Waals surface area contributed by atoms with Gasteiger partial charge >= 0.3 is 0 Å². The van der Waals surface area contributed by atoms with Crippen molar-refractivity contribution in [3.8, 4) is 28.6 Å². The van der Waals surface area contributed by atoms with E-state index in [1.54, 1.807) is 38.5 Å². The molecule has 0 saturated carbocycles. The molecule has 4 rings (SSSR count). The summed E-state index contributed by atoms with van der Waals surface area (Å²) in [5, 5.41) is 9.26. The highest BCUT2D eigenvalue weighted by atomic mass is 16.5. The molecule has 0 aliphatic carbocycles. The molecule has 2 aromatic carbocycles. The smallest absolute Gasteiger partial charge is 0.193 e. The molecule has 2 aromatic heterocycles. The molecule has 0 aliphatic heterocycles. The molecule has 0 radical (unpaired) electrons. The van der Waals surface area contributed by atoms with E-state index in [4.69, 9.17) is 18.6 Å². The largest absolute Gasteiger partial charge is 0.496 e. The zero-order chi connectivity index (χ0) is 19.0. The molecule has 136 valence electrons. The topological polar surface area (TPSA) is 83.7 Å².